The Morgan fingerprint density at radius 1 is 1.02 bits per heavy atom. The fourth-order valence-corrected chi connectivity index (χ4v) is 6.85. The van der Waals surface area contributed by atoms with Crippen molar-refractivity contribution in [3.63, 3.8) is 0 Å². The summed E-state index contributed by atoms with van der Waals surface area (Å²) in [6.07, 6.45) is 1.78. The van der Waals surface area contributed by atoms with Crippen molar-refractivity contribution in [3.8, 4) is 10.8 Å². The smallest absolute Gasteiger partial charge is 0.333 e. The molecule has 2 aromatic carbocycles. The summed E-state index contributed by atoms with van der Waals surface area (Å²) in [5.41, 5.74) is -0.978. The van der Waals surface area contributed by atoms with E-state index in [1.54, 1.807) is 20.8 Å². The van der Waals surface area contributed by atoms with Crippen LogP contribution in [0.15, 0.2) is 70.5 Å². The van der Waals surface area contributed by atoms with Crippen molar-refractivity contribution in [1.82, 2.24) is 29.4 Å². The van der Waals surface area contributed by atoms with Crippen molar-refractivity contribution in [2.75, 3.05) is 13.2 Å². The van der Waals surface area contributed by atoms with Crippen LogP contribution in [0.5, 0.6) is 5.75 Å². The number of rotatable bonds is 15. The highest BCUT2D eigenvalue weighted by Crippen LogP contribution is 2.35. The molecule has 1 atom stereocenters. The molecule has 0 bridgehead atoms. The Labute approximate surface area is 293 Å². The zero-order chi connectivity index (χ0) is 36.2. The van der Waals surface area contributed by atoms with E-state index < -0.39 is 34.6 Å². The maximum Gasteiger partial charge on any atom is 0.333 e. The van der Waals surface area contributed by atoms with Gasteiger partial charge in [-0.2, -0.15) is 10.2 Å². The third-order valence-electron chi connectivity index (χ3n) is 8.02. The number of hydrogen-bond donors (Lipinski definition) is 1. The SMILES string of the molecule is Cc1c(-n2nccn2)sc2c1c(=O)n(C(C)(C)C(=O)NC(C)C)c(=O)n2C[C@H](OC(C)C)c1cc(F)ccc1OCCOCc1ccccc1. The number of amides is 1. The first kappa shape index (κ1) is 36.6. The average Bonchev–Trinajstić information content (AvgIpc) is 3.71. The predicted octanol–water partition coefficient (Wildman–Crippen LogP) is 5.27. The second-order valence-corrected chi connectivity index (χ2v) is 14.0. The molecule has 0 aliphatic carbocycles. The summed E-state index contributed by atoms with van der Waals surface area (Å²) in [6.45, 7) is 12.8. The molecule has 0 radical (unpaired) electrons. The third-order valence-corrected chi connectivity index (χ3v) is 9.30. The number of hydrogen-bond acceptors (Lipinski definition) is 9. The summed E-state index contributed by atoms with van der Waals surface area (Å²) in [7, 11) is 0. The molecule has 5 rings (SSSR count). The van der Waals surface area contributed by atoms with Crippen LogP contribution in [0, 0.1) is 12.7 Å². The van der Waals surface area contributed by atoms with Gasteiger partial charge in [0.25, 0.3) is 5.56 Å². The number of nitrogens with one attached hydrogen (secondary N) is 1. The van der Waals surface area contributed by atoms with Crippen molar-refractivity contribution in [1.29, 1.82) is 0 Å². The number of halogens is 1. The molecular formula is C36H43FN6O6S. The van der Waals surface area contributed by atoms with Crippen LogP contribution in [-0.2, 0) is 33.0 Å². The number of aryl methyl sites for hydroxylation is 1. The van der Waals surface area contributed by atoms with Crippen LogP contribution in [-0.4, -0.2) is 55.4 Å². The van der Waals surface area contributed by atoms with E-state index in [9.17, 15) is 18.8 Å². The van der Waals surface area contributed by atoms with Crippen LogP contribution in [0.4, 0.5) is 4.39 Å². The Bertz CT molecular complexity index is 2050. The molecule has 3 heterocycles. The second-order valence-electron chi connectivity index (χ2n) is 13.0. The monoisotopic (exact) mass is 706 g/mol. The molecule has 50 heavy (non-hydrogen) atoms. The Morgan fingerprint density at radius 3 is 2.38 bits per heavy atom. The Morgan fingerprint density at radius 2 is 1.72 bits per heavy atom. The number of benzene rings is 2. The molecule has 0 aliphatic heterocycles. The Balaban J connectivity index is 1.59. The summed E-state index contributed by atoms with van der Waals surface area (Å²) in [5.74, 6) is -0.652. The molecule has 0 saturated carbocycles. The molecule has 14 heteroatoms. The number of thiophene rings is 1. The van der Waals surface area contributed by atoms with E-state index >= 15 is 0 Å². The van der Waals surface area contributed by atoms with Crippen LogP contribution in [0.25, 0.3) is 15.2 Å². The molecule has 0 aliphatic rings. The maximum atomic E-state index is 14.9. The summed E-state index contributed by atoms with van der Waals surface area (Å²) in [6, 6.07) is 13.7. The van der Waals surface area contributed by atoms with Gasteiger partial charge in [0, 0.05) is 17.2 Å². The molecule has 266 valence electrons. The van der Waals surface area contributed by atoms with E-state index in [0.29, 0.717) is 33.3 Å². The largest absolute Gasteiger partial charge is 0.491 e. The fourth-order valence-electron chi connectivity index (χ4n) is 5.63. The van der Waals surface area contributed by atoms with Crippen molar-refractivity contribution in [3.05, 3.63) is 104 Å². The summed E-state index contributed by atoms with van der Waals surface area (Å²) < 4.78 is 35.6. The lowest BCUT2D eigenvalue weighted by Gasteiger charge is -2.29. The van der Waals surface area contributed by atoms with E-state index in [4.69, 9.17) is 14.2 Å². The lowest BCUT2D eigenvalue weighted by molar-refractivity contribution is -0.129. The molecule has 0 spiro atoms. The minimum atomic E-state index is -1.58. The first-order valence-electron chi connectivity index (χ1n) is 16.5. The summed E-state index contributed by atoms with van der Waals surface area (Å²) >= 11 is 1.17. The molecule has 1 amide bonds. The summed E-state index contributed by atoms with van der Waals surface area (Å²) in [4.78, 5) is 44.0. The Kier molecular flexibility index (Phi) is 11.3. The number of carbonyl (C=O) groups excluding carboxylic acids is 1. The molecule has 1 N–H and O–H groups in total. The van der Waals surface area contributed by atoms with Crippen molar-refractivity contribution >= 4 is 27.5 Å². The highest BCUT2D eigenvalue weighted by Gasteiger charge is 2.36. The highest BCUT2D eigenvalue weighted by atomic mass is 32.1. The van der Waals surface area contributed by atoms with Crippen LogP contribution in [0.1, 0.15) is 64.3 Å². The Hall–Kier alpha value is -4.66. The van der Waals surface area contributed by atoms with Gasteiger partial charge in [-0.15, -0.1) is 4.80 Å². The van der Waals surface area contributed by atoms with Crippen molar-refractivity contribution in [2.24, 2.45) is 0 Å². The van der Waals surface area contributed by atoms with E-state index in [2.05, 4.69) is 15.5 Å². The third kappa shape index (κ3) is 7.87. The zero-order valence-electron chi connectivity index (χ0n) is 29.3. The standard InChI is InChI=1S/C36H43FN6O6S/c1-22(2)40-34(45)36(6,7)42-31(44)30-24(5)32(43-38-15-16-39-43)50-33(30)41(35(42)46)20-29(49-23(3)4)27-19-26(37)13-14-28(27)48-18-17-47-21-25-11-9-8-10-12-25/h8-16,19,22-23,29H,17-18,20-21H2,1-7H3,(H,40,45)/t29-/m0/s1. The molecular weight excluding hydrogens is 663 g/mol. The van der Waals surface area contributed by atoms with Crippen molar-refractivity contribution < 1.29 is 23.4 Å². The number of nitrogens with zero attached hydrogens (tertiary/aromatic N) is 5. The van der Waals surface area contributed by atoms with Crippen LogP contribution >= 0.6 is 11.3 Å². The number of fused-ring (bicyclic) bond motifs is 1. The minimum Gasteiger partial charge on any atom is -0.491 e. The van der Waals surface area contributed by atoms with E-state index in [1.807, 2.05) is 44.2 Å². The highest BCUT2D eigenvalue weighted by molar-refractivity contribution is 7.21. The van der Waals surface area contributed by atoms with Crippen LogP contribution in [0.3, 0.4) is 0 Å². The van der Waals surface area contributed by atoms with Crippen LogP contribution in [0.2, 0.25) is 0 Å². The first-order chi connectivity index (χ1) is 23.8. The van der Waals surface area contributed by atoms with Gasteiger partial charge in [0.2, 0.25) is 5.91 Å². The predicted molar refractivity (Wildman–Crippen MR) is 190 cm³/mol. The minimum absolute atomic E-state index is 0.133. The first-order valence-corrected chi connectivity index (χ1v) is 17.3. The van der Waals surface area contributed by atoms with Gasteiger partial charge in [-0.3, -0.25) is 14.2 Å². The average molecular weight is 707 g/mol. The fraction of sp³-hybridized carbons (Fsp3) is 0.417. The van der Waals surface area contributed by atoms with Gasteiger partial charge in [0.1, 0.15) is 39.6 Å². The molecule has 3 aromatic heterocycles. The normalized spacial score (nSPS) is 12.6. The maximum absolute atomic E-state index is 14.9. The van der Waals surface area contributed by atoms with Gasteiger partial charge in [-0.1, -0.05) is 41.7 Å². The zero-order valence-corrected chi connectivity index (χ0v) is 30.1. The molecule has 5 aromatic rings. The molecule has 0 saturated heterocycles. The van der Waals surface area contributed by atoms with Gasteiger partial charge < -0.3 is 19.5 Å². The van der Waals surface area contributed by atoms with Gasteiger partial charge in [0.05, 0.1) is 43.6 Å². The van der Waals surface area contributed by atoms with Crippen LogP contribution < -0.4 is 21.3 Å². The quantitative estimate of drug-likeness (QED) is 0.146. The van der Waals surface area contributed by atoms with Gasteiger partial charge in [-0.25, -0.2) is 13.8 Å². The van der Waals surface area contributed by atoms with E-state index in [0.717, 1.165) is 10.1 Å². The summed E-state index contributed by atoms with van der Waals surface area (Å²) in [5, 5.41) is 12.1. The molecule has 12 nitrogen and oxygen atoms in total. The van der Waals surface area contributed by atoms with Gasteiger partial charge in [0.15, 0.2) is 0 Å². The topological polar surface area (TPSA) is 132 Å². The second kappa shape index (κ2) is 15.5. The lowest BCUT2D eigenvalue weighted by Crippen LogP contribution is -2.56. The number of carbonyl (C=O) groups is 1. The van der Waals surface area contributed by atoms with E-state index in [-0.39, 0.29) is 37.3 Å². The number of aromatic nitrogens is 5. The molecule has 0 unspecified atom stereocenters. The lowest BCUT2D eigenvalue weighted by atomic mass is 10.0. The van der Waals surface area contributed by atoms with Crippen molar-refractivity contribution in [2.45, 2.75) is 85.4 Å². The number of ether oxygens (including phenoxy) is 3. The van der Waals surface area contributed by atoms with Gasteiger partial charge >= 0.3 is 5.69 Å². The molecule has 0 fully saturated rings. The van der Waals surface area contributed by atoms with Gasteiger partial charge in [-0.05, 0) is 72.2 Å². The van der Waals surface area contributed by atoms with E-state index in [1.165, 1.54) is 65.1 Å².